The number of H-pyrrole nitrogens is 1. The van der Waals surface area contributed by atoms with Gasteiger partial charge < -0.3 is 42.9 Å². The molecule has 3 atom stereocenters. The molecule has 3 amide bonds. The molecule has 3 unspecified atom stereocenters. The average Bonchev–Trinajstić information content (AvgIpc) is 3.76. The summed E-state index contributed by atoms with van der Waals surface area (Å²) in [5.74, 6) is -5.79. The second kappa shape index (κ2) is 26.4. The molecule has 362 valence electrons. The molecule has 0 aliphatic rings. The molecule has 5 rings (SSSR count). The standard InChI is InChI=1S/C45H56IN13O9/c46-30-13-9-27(10-14-30)6-5-8-37(61)49-20-3-1-7-35(43(65)66)53-41(63)29(22-32-26-59(58-57-32)21-4-2-19-47)23-34(60)17-18-36(44(67)68)54-40(62)28-11-15-31(16-12-28)50-24-33-25-51-39-38(52-33)42(64)56-45(48)55-39/h9-16,25-26,29,35-36,50H,1-8,17-24,47H2,(H,49,61)(H,53,63)(H,54,62)(H,65,66)(H,67,68)(H3,48,51,55,56,64). The first kappa shape index (κ1) is 52.1. The number of Topliss-reactive ketones (excluding diaryl/α,β-unsaturated/α-hetero) is 1. The van der Waals surface area contributed by atoms with Crippen LogP contribution in [0.1, 0.15) is 91.5 Å². The van der Waals surface area contributed by atoms with E-state index in [0.29, 0.717) is 62.4 Å². The van der Waals surface area contributed by atoms with Crippen LogP contribution in [0.4, 0.5) is 11.6 Å². The summed E-state index contributed by atoms with van der Waals surface area (Å²) < 4.78 is 2.73. The van der Waals surface area contributed by atoms with Crippen LogP contribution in [0.5, 0.6) is 0 Å². The highest BCUT2D eigenvalue weighted by molar-refractivity contribution is 14.1. The Balaban J connectivity index is 1.12. The van der Waals surface area contributed by atoms with Crippen molar-refractivity contribution in [2.45, 2.75) is 102 Å². The molecule has 5 aromatic rings. The highest BCUT2D eigenvalue weighted by atomic mass is 127. The Morgan fingerprint density at radius 1 is 0.838 bits per heavy atom. The number of benzene rings is 2. The van der Waals surface area contributed by atoms with Gasteiger partial charge in [0.1, 0.15) is 17.9 Å². The molecule has 0 aliphatic carbocycles. The number of amides is 3. The molecule has 0 fully saturated rings. The van der Waals surface area contributed by atoms with Crippen molar-refractivity contribution >= 4 is 80.8 Å². The zero-order valence-electron chi connectivity index (χ0n) is 37.3. The van der Waals surface area contributed by atoms with Crippen LogP contribution >= 0.6 is 22.6 Å². The Hall–Kier alpha value is -6.89. The maximum Gasteiger partial charge on any atom is 0.326 e. The first-order chi connectivity index (χ1) is 32.7. The van der Waals surface area contributed by atoms with Gasteiger partial charge in [-0.15, -0.1) is 5.10 Å². The van der Waals surface area contributed by atoms with Crippen molar-refractivity contribution in [3.63, 3.8) is 0 Å². The number of carbonyl (C=O) groups excluding carboxylic acids is 4. The van der Waals surface area contributed by atoms with Gasteiger partial charge in [-0.05, 0) is 122 Å². The van der Waals surface area contributed by atoms with Gasteiger partial charge in [-0.25, -0.2) is 19.6 Å². The van der Waals surface area contributed by atoms with E-state index in [4.69, 9.17) is 11.5 Å². The average molecular weight is 1050 g/mol. The highest BCUT2D eigenvalue weighted by Crippen LogP contribution is 2.18. The summed E-state index contributed by atoms with van der Waals surface area (Å²) in [5, 5.41) is 39.2. The van der Waals surface area contributed by atoms with Gasteiger partial charge in [-0.2, -0.15) is 4.98 Å². The lowest BCUT2D eigenvalue weighted by Crippen LogP contribution is -2.44. The largest absolute Gasteiger partial charge is 0.480 e. The number of hydrogen-bond acceptors (Lipinski definition) is 15. The monoisotopic (exact) mass is 1050 g/mol. The van der Waals surface area contributed by atoms with Crippen molar-refractivity contribution in [3.05, 3.63) is 97.4 Å². The molecule has 0 bridgehead atoms. The van der Waals surface area contributed by atoms with Crippen molar-refractivity contribution in [2.75, 3.05) is 24.1 Å². The number of carboxylic acid groups (broad SMARTS) is 2. The number of aromatic amines is 1. The molecule has 0 saturated heterocycles. The normalized spacial score (nSPS) is 12.4. The number of fused-ring (bicyclic) bond motifs is 1. The molecule has 3 aromatic heterocycles. The molecule has 0 radical (unpaired) electrons. The second-order valence-corrected chi connectivity index (χ2v) is 17.4. The van der Waals surface area contributed by atoms with E-state index in [1.165, 1.54) is 18.3 Å². The van der Waals surface area contributed by atoms with Crippen LogP contribution in [0.3, 0.4) is 0 Å². The van der Waals surface area contributed by atoms with Crippen LogP contribution in [-0.4, -0.2) is 106 Å². The van der Waals surface area contributed by atoms with Crippen molar-refractivity contribution in [1.29, 1.82) is 0 Å². The predicted molar refractivity (Wildman–Crippen MR) is 258 cm³/mol. The molecular weight excluding hydrogens is 993 g/mol. The summed E-state index contributed by atoms with van der Waals surface area (Å²) in [6.07, 6.45) is 6.31. The molecule has 0 aliphatic heterocycles. The van der Waals surface area contributed by atoms with Crippen molar-refractivity contribution in [3.8, 4) is 0 Å². The molecule has 68 heavy (non-hydrogen) atoms. The highest BCUT2D eigenvalue weighted by Gasteiger charge is 2.29. The first-order valence-electron chi connectivity index (χ1n) is 22.2. The number of anilines is 2. The van der Waals surface area contributed by atoms with E-state index in [-0.39, 0.29) is 67.2 Å². The topological polar surface area (TPSA) is 345 Å². The van der Waals surface area contributed by atoms with Gasteiger partial charge in [-0.3, -0.25) is 33.6 Å². The van der Waals surface area contributed by atoms with E-state index in [1.54, 1.807) is 23.0 Å². The Bertz CT molecular complexity index is 2570. The fourth-order valence-corrected chi connectivity index (χ4v) is 7.44. The van der Waals surface area contributed by atoms with Crippen LogP contribution in [-0.2, 0) is 49.9 Å². The number of aryl methyl sites for hydroxylation is 2. The van der Waals surface area contributed by atoms with Crippen LogP contribution < -0.4 is 38.3 Å². The van der Waals surface area contributed by atoms with Crippen molar-refractivity contribution in [1.82, 2.24) is 50.9 Å². The summed E-state index contributed by atoms with van der Waals surface area (Å²) in [6.45, 7) is 1.54. The lowest BCUT2D eigenvalue weighted by molar-refractivity contribution is -0.143. The van der Waals surface area contributed by atoms with E-state index in [1.807, 2.05) is 24.3 Å². The van der Waals surface area contributed by atoms with E-state index >= 15 is 0 Å². The summed E-state index contributed by atoms with van der Waals surface area (Å²) >= 11 is 2.24. The van der Waals surface area contributed by atoms with Gasteiger partial charge in [0.15, 0.2) is 11.2 Å². The lowest BCUT2D eigenvalue weighted by atomic mass is 9.93. The number of carboxylic acids is 2. The smallest absolute Gasteiger partial charge is 0.326 e. The number of aliphatic carboxylic acids is 2. The van der Waals surface area contributed by atoms with E-state index in [2.05, 4.69) is 74.1 Å². The minimum absolute atomic E-state index is 0.0213. The van der Waals surface area contributed by atoms with Gasteiger partial charge in [0, 0.05) is 59.8 Å². The van der Waals surface area contributed by atoms with Crippen LogP contribution in [0.2, 0.25) is 0 Å². The maximum atomic E-state index is 13.7. The zero-order valence-corrected chi connectivity index (χ0v) is 39.4. The van der Waals surface area contributed by atoms with Gasteiger partial charge in [0.05, 0.1) is 30.0 Å². The number of ketones is 1. The van der Waals surface area contributed by atoms with Crippen molar-refractivity contribution in [2.24, 2.45) is 11.7 Å². The number of hydrogen-bond donors (Lipinski definition) is 9. The Kier molecular flexibility index (Phi) is 20.3. The third-order valence-corrected chi connectivity index (χ3v) is 11.5. The maximum absolute atomic E-state index is 13.7. The van der Waals surface area contributed by atoms with Gasteiger partial charge in [0.2, 0.25) is 17.8 Å². The van der Waals surface area contributed by atoms with Gasteiger partial charge in [0.25, 0.3) is 11.5 Å². The number of halogens is 1. The lowest BCUT2D eigenvalue weighted by Gasteiger charge is -2.20. The molecule has 2 aromatic carbocycles. The quantitative estimate of drug-likeness (QED) is 0.0245. The number of rotatable bonds is 29. The fourth-order valence-electron chi connectivity index (χ4n) is 7.08. The van der Waals surface area contributed by atoms with Crippen LogP contribution in [0.15, 0.2) is 65.7 Å². The molecule has 22 nitrogen and oxygen atoms in total. The van der Waals surface area contributed by atoms with Gasteiger partial charge in [-0.1, -0.05) is 17.3 Å². The third kappa shape index (κ3) is 17.1. The summed E-state index contributed by atoms with van der Waals surface area (Å²) in [4.78, 5) is 104. The molecule has 23 heteroatoms. The van der Waals surface area contributed by atoms with E-state index in [0.717, 1.165) is 28.4 Å². The van der Waals surface area contributed by atoms with Crippen molar-refractivity contribution < 1.29 is 39.0 Å². The molecular formula is C45H56IN13O9. The molecule has 11 N–H and O–H groups in total. The second-order valence-electron chi connectivity index (χ2n) is 16.2. The summed E-state index contributed by atoms with van der Waals surface area (Å²) in [6, 6.07) is 11.5. The number of carbonyl (C=O) groups is 6. The summed E-state index contributed by atoms with van der Waals surface area (Å²) in [7, 11) is 0. The van der Waals surface area contributed by atoms with Crippen LogP contribution in [0.25, 0.3) is 11.2 Å². The number of nitrogens with zero attached hydrogens (tertiary/aromatic N) is 6. The number of nitrogen functional groups attached to an aromatic ring is 1. The number of aromatic nitrogens is 7. The predicted octanol–water partition coefficient (Wildman–Crippen LogP) is 2.50. The SMILES string of the molecule is NCCCCn1cc(CC(CC(=O)CCC(NC(=O)c2ccc(NCc3cnc4nc(N)[nH]c(=O)c4n3)cc2)C(=O)O)C(=O)NC(CCCCNC(=O)CCCc2ccc(I)cc2)C(=O)O)nn1. The number of nitrogens with one attached hydrogen (secondary N) is 5. The van der Waals surface area contributed by atoms with Gasteiger partial charge >= 0.3 is 11.9 Å². The Morgan fingerprint density at radius 3 is 2.29 bits per heavy atom. The number of nitrogens with two attached hydrogens (primary N) is 2. The fraction of sp³-hybridized carbons (Fsp3) is 0.422. The molecule has 0 spiro atoms. The Morgan fingerprint density at radius 2 is 1.57 bits per heavy atom. The zero-order chi connectivity index (χ0) is 49.0. The Labute approximate surface area is 404 Å². The summed E-state index contributed by atoms with van der Waals surface area (Å²) in [5.41, 5.74) is 13.5. The molecule has 0 saturated carbocycles. The van der Waals surface area contributed by atoms with E-state index in [9.17, 15) is 43.8 Å². The molecule has 3 heterocycles. The number of unbranched alkanes of at least 4 members (excludes halogenated alkanes) is 2. The van der Waals surface area contributed by atoms with E-state index < -0.39 is 53.1 Å². The third-order valence-electron chi connectivity index (χ3n) is 10.8. The van der Waals surface area contributed by atoms with Crippen LogP contribution in [0, 0.1) is 9.49 Å². The minimum Gasteiger partial charge on any atom is -0.480 e. The first-order valence-corrected chi connectivity index (χ1v) is 23.3. The minimum atomic E-state index is -1.45.